The van der Waals surface area contributed by atoms with Gasteiger partial charge >= 0.3 is 0 Å². The van der Waals surface area contributed by atoms with Gasteiger partial charge in [-0.3, -0.25) is 4.79 Å². The molecule has 1 nitrogen and oxygen atoms in total. The van der Waals surface area contributed by atoms with Gasteiger partial charge in [0.05, 0.1) is 0 Å². The minimum Gasteiger partial charge on any atom is -0.289 e. The van der Waals surface area contributed by atoms with E-state index in [2.05, 4.69) is 0 Å². The van der Waals surface area contributed by atoms with Crippen LogP contribution in [0.5, 0.6) is 0 Å². The van der Waals surface area contributed by atoms with Crippen molar-refractivity contribution < 1.29 is 4.79 Å². The summed E-state index contributed by atoms with van der Waals surface area (Å²) in [5, 5.41) is 0. The molecule has 0 heterocycles. The van der Waals surface area contributed by atoms with E-state index in [-0.39, 0.29) is 5.78 Å². The van der Waals surface area contributed by atoms with Crippen molar-refractivity contribution in [2.24, 2.45) is 0 Å². The molecule has 0 saturated carbocycles. The Labute approximate surface area is 66.4 Å². The highest BCUT2D eigenvalue weighted by atomic mass is 16.1. The van der Waals surface area contributed by atoms with Gasteiger partial charge in [-0.1, -0.05) is 36.4 Å². The van der Waals surface area contributed by atoms with Crippen LogP contribution < -0.4 is 0 Å². The Bertz CT molecular complexity index is 259. The predicted octanol–water partition coefficient (Wildman–Crippen LogP) is 2.45. The molecule has 0 aromatic heterocycles. The number of benzene rings is 1. The summed E-state index contributed by atoms with van der Waals surface area (Å²) < 4.78 is 0. The van der Waals surface area contributed by atoms with Crippen molar-refractivity contribution in [3.05, 3.63) is 48.0 Å². The maximum Gasteiger partial charge on any atom is 0.185 e. The van der Waals surface area contributed by atoms with Crippen molar-refractivity contribution in [1.29, 1.82) is 0 Å². The van der Waals surface area contributed by atoms with Crippen LogP contribution in [0.1, 0.15) is 17.3 Å². The molecule has 0 spiro atoms. The predicted molar refractivity (Wildman–Crippen MR) is 45.6 cm³/mol. The third-order valence-corrected chi connectivity index (χ3v) is 1.38. The van der Waals surface area contributed by atoms with Gasteiger partial charge in [0.1, 0.15) is 0 Å². The maximum absolute atomic E-state index is 11.2. The van der Waals surface area contributed by atoms with Crippen molar-refractivity contribution in [2.75, 3.05) is 0 Å². The molecule has 0 radical (unpaired) electrons. The molecule has 1 heteroatoms. The molecule has 0 saturated heterocycles. The molecule has 1 rings (SSSR count). The minimum absolute atomic E-state index is 0.0631. The van der Waals surface area contributed by atoms with E-state index in [4.69, 9.17) is 0 Å². The number of carbonyl (C=O) groups excluding carboxylic acids is 1. The average Bonchev–Trinajstić information content (AvgIpc) is 2.07. The summed E-state index contributed by atoms with van der Waals surface area (Å²) in [6.07, 6.45) is 3.31. The Morgan fingerprint density at radius 1 is 1.27 bits per heavy atom. The first-order valence-electron chi connectivity index (χ1n) is 3.56. The first-order valence-corrected chi connectivity index (χ1v) is 3.56. The fourth-order valence-electron chi connectivity index (χ4n) is 0.850. The van der Waals surface area contributed by atoms with E-state index in [1.54, 1.807) is 12.2 Å². The lowest BCUT2D eigenvalue weighted by atomic mass is 10.1. The molecule has 1 aromatic carbocycles. The highest BCUT2D eigenvalue weighted by molar-refractivity contribution is 6.04. The van der Waals surface area contributed by atoms with E-state index in [0.29, 0.717) is 0 Å². The zero-order valence-corrected chi connectivity index (χ0v) is 6.45. The van der Waals surface area contributed by atoms with Gasteiger partial charge in [-0.15, -0.1) is 0 Å². The Kier molecular flexibility index (Phi) is 2.61. The summed E-state index contributed by atoms with van der Waals surface area (Å²) in [4.78, 5) is 11.2. The number of ketones is 1. The highest BCUT2D eigenvalue weighted by Crippen LogP contribution is 1.99. The molecule has 0 atom stereocenters. The number of hydrogen-bond acceptors (Lipinski definition) is 1. The standard InChI is InChI=1S/C10H10O/c1-2-6-10(11)9-7-4-3-5-8-9/h2-8H,1H3. The molecule has 0 aliphatic heterocycles. The van der Waals surface area contributed by atoms with Gasteiger partial charge in [-0.2, -0.15) is 0 Å². The zero-order valence-electron chi connectivity index (χ0n) is 6.45. The number of carbonyl (C=O) groups is 1. The molecule has 1 aromatic rings. The fraction of sp³-hybridized carbons (Fsp3) is 0.100. The Morgan fingerprint density at radius 3 is 2.45 bits per heavy atom. The van der Waals surface area contributed by atoms with Crippen molar-refractivity contribution in [3.63, 3.8) is 0 Å². The van der Waals surface area contributed by atoms with Gasteiger partial charge in [0.2, 0.25) is 0 Å². The second-order valence-corrected chi connectivity index (χ2v) is 2.23. The van der Waals surface area contributed by atoms with Crippen LogP contribution in [0, 0.1) is 0 Å². The van der Waals surface area contributed by atoms with Crippen molar-refractivity contribution >= 4 is 5.78 Å². The molecular formula is C10H10O. The smallest absolute Gasteiger partial charge is 0.185 e. The van der Waals surface area contributed by atoms with Gasteiger partial charge in [0.15, 0.2) is 5.78 Å². The fourth-order valence-corrected chi connectivity index (χ4v) is 0.850. The topological polar surface area (TPSA) is 17.1 Å². The van der Waals surface area contributed by atoms with E-state index in [0.717, 1.165) is 5.56 Å². The molecule has 11 heavy (non-hydrogen) atoms. The monoisotopic (exact) mass is 146 g/mol. The molecule has 0 amide bonds. The third kappa shape index (κ3) is 2.04. The number of rotatable bonds is 2. The van der Waals surface area contributed by atoms with Gasteiger partial charge in [-0.25, -0.2) is 0 Å². The molecule has 0 N–H and O–H groups in total. The van der Waals surface area contributed by atoms with Gasteiger partial charge < -0.3 is 0 Å². The van der Waals surface area contributed by atoms with E-state index in [1.165, 1.54) is 0 Å². The van der Waals surface area contributed by atoms with Gasteiger partial charge in [-0.05, 0) is 13.0 Å². The number of allylic oxidation sites excluding steroid dienone is 2. The van der Waals surface area contributed by atoms with Gasteiger partial charge in [0, 0.05) is 5.56 Å². The second-order valence-electron chi connectivity index (χ2n) is 2.23. The lowest BCUT2D eigenvalue weighted by Gasteiger charge is -1.91. The van der Waals surface area contributed by atoms with E-state index in [9.17, 15) is 4.79 Å². The van der Waals surface area contributed by atoms with Crippen LogP contribution in [0.15, 0.2) is 42.5 Å². The van der Waals surface area contributed by atoms with E-state index < -0.39 is 0 Å². The van der Waals surface area contributed by atoms with Crippen LogP contribution in [-0.2, 0) is 0 Å². The second kappa shape index (κ2) is 3.71. The molecular weight excluding hydrogens is 136 g/mol. The molecule has 0 aliphatic rings. The SMILES string of the molecule is CC=CC(=O)c1ccccc1. The summed E-state index contributed by atoms with van der Waals surface area (Å²) >= 11 is 0. The first-order chi connectivity index (χ1) is 5.34. The molecule has 0 unspecified atom stereocenters. The molecule has 0 bridgehead atoms. The van der Waals surface area contributed by atoms with Crippen molar-refractivity contribution in [3.8, 4) is 0 Å². The zero-order chi connectivity index (χ0) is 8.10. The first kappa shape index (κ1) is 7.73. The average molecular weight is 146 g/mol. The molecule has 0 aliphatic carbocycles. The van der Waals surface area contributed by atoms with Crippen LogP contribution in [0.25, 0.3) is 0 Å². The quantitative estimate of drug-likeness (QED) is 0.462. The van der Waals surface area contributed by atoms with Crippen LogP contribution in [0.4, 0.5) is 0 Å². The Hall–Kier alpha value is -1.37. The summed E-state index contributed by atoms with van der Waals surface area (Å²) in [7, 11) is 0. The van der Waals surface area contributed by atoms with Crippen LogP contribution in [0.3, 0.4) is 0 Å². The Balaban J connectivity index is 2.86. The largest absolute Gasteiger partial charge is 0.289 e. The van der Waals surface area contributed by atoms with Gasteiger partial charge in [0.25, 0.3) is 0 Å². The number of hydrogen-bond donors (Lipinski definition) is 0. The normalized spacial score (nSPS) is 10.3. The van der Waals surface area contributed by atoms with E-state index >= 15 is 0 Å². The maximum atomic E-state index is 11.2. The molecule has 0 fully saturated rings. The summed E-state index contributed by atoms with van der Waals surface area (Å²) in [5.41, 5.74) is 0.741. The molecule has 56 valence electrons. The Morgan fingerprint density at radius 2 is 1.91 bits per heavy atom. The van der Waals surface area contributed by atoms with Crippen LogP contribution in [-0.4, -0.2) is 5.78 Å². The van der Waals surface area contributed by atoms with E-state index in [1.807, 2.05) is 37.3 Å². The lowest BCUT2D eigenvalue weighted by molar-refractivity contribution is 0.104. The summed E-state index contributed by atoms with van der Waals surface area (Å²) in [6, 6.07) is 9.23. The van der Waals surface area contributed by atoms with Crippen LogP contribution >= 0.6 is 0 Å². The van der Waals surface area contributed by atoms with Crippen molar-refractivity contribution in [2.45, 2.75) is 6.92 Å². The van der Waals surface area contributed by atoms with Crippen LogP contribution in [0.2, 0.25) is 0 Å². The van der Waals surface area contributed by atoms with Crippen molar-refractivity contribution in [1.82, 2.24) is 0 Å². The highest BCUT2D eigenvalue weighted by Gasteiger charge is 1.96. The summed E-state index contributed by atoms with van der Waals surface area (Å²) in [6.45, 7) is 1.83. The lowest BCUT2D eigenvalue weighted by Crippen LogP contribution is -1.91. The minimum atomic E-state index is 0.0631. The third-order valence-electron chi connectivity index (χ3n) is 1.38. The summed E-state index contributed by atoms with van der Waals surface area (Å²) in [5.74, 6) is 0.0631.